The number of anilines is 1. The summed E-state index contributed by atoms with van der Waals surface area (Å²) < 4.78 is 7.12. The number of carboxylic acid groups (broad SMARTS) is 1. The number of methoxy groups -OCH3 is 1. The van der Waals surface area contributed by atoms with Crippen LogP contribution in [0.25, 0.3) is 22.4 Å². The minimum absolute atomic E-state index is 0.0924. The number of aryl methyl sites for hydroxylation is 1. The number of ether oxygens (including phenoxy) is 1. The van der Waals surface area contributed by atoms with Crippen molar-refractivity contribution < 1.29 is 19.4 Å². The standard InChI is InChI=1S/C19H19N3O4/c1-4-22-17-15(19(24)25)9-13(20-11(2)23)10-16(17)21-18(22)12-6-5-7-14(8-12)26-3/h5-10H,4H2,1-3H3,(H,20,23)(H,24,25). The van der Waals surface area contributed by atoms with E-state index in [0.29, 0.717) is 34.8 Å². The Labute approximate surface area is 150 Å². The summed E-state index contributed by atoms with van der Waals surface area (Å²) in [5.74, 6) is -0.0175. The Bertz CT molecular complexity index is 1010. The summed E-state index contributed by atoms with van der Waals surface area (Å²) in [4.78, 5) is 27.8. The number of rotatable bonds is 5. The van der Waals surface area contributed by atoms with Gasteiger partial charge in [-0.2, -0.15) is 0 Å². The summed E-state index contributed by atoms with van der Waals surface area (Å²) in [6.07, 6.45) is 0. The molecule has 0 aliphatic rings. The first-order valence-electron chi connectivity index (χ1n) is 8.14. The minimum Gasteiger partial charge on any atom is -0.497 e. The molecule has 0 atom stereocenters. The normalized spacial score (nSPS) is 10.7. The van der Waals surface area contributed by atoms with Crippen LogP contribution in [0.15, 0.2) is 36.4 Å². The molecule has 0 aliphatic heterocycles. The maximum Gasteiger partial charge on any atom is 0.337 e. The fourth-order valence-corrected chi connectivity index (χ4v) is 3.00. The van der Waals surface area contributed by atoms with E-state index < -0.39 is 5.97 Å². The van der Waals surface area contributed by atoms with Gasteiger partial charge in [0.2, 0.25) is 5.91 Å². The third-order valence-corrected chi connectivity index (χ3v) is 4.04. The van der Waals surface area contributed by atoms with Crippen LogP contribution in [0.5, 0.6) is 5.75 Å². The molecule has 134 valence electrons. The molecule has 0 bridgehead atoms. The number of carbonyl (C=O) groups is 2. The molecule has 3 rings (SSSR count). The van der Waals surface area contributed by atoms with Gasteiger partial charge in [0.15, 0.2) is 0 Å². The number of hydrogen-bond donors (Lipinski definition) is 2. The van der Waals surface area contributed by atoms with Crippen molar-refractivity contribution in [2.45, 2.75) is 20.4 Å². The monoisotopic (exact) mass is 353 g/mol. The zero-order valence-corrected chi connectivity index (χ0v) is 14.7. The number of nitrogens with one attached hydrogen (secondary N) is 1. The number of fused-ring (bicyclic) bond motifs is 1. The summed E-state index contributed by atoms with van der Waals surface area (Å²) in [5.41, 5.74) is 2.34. The van der Waals surface area contributed by atoms with E-state index in [1.165, 1.54) is 13.0 Å². The third kappa shape index (κ3) is 3.11. The third-order valence-electron chi connectivity index (χ3n) is 4.04. The van der Waals surface area contributed by atoms with E-state index in [0.717, 1.165) is 5.56 Å². The maximum absolute atomic E-state index is 11.8. The van der Waals surface area contributed by atoms with Crippen LogP contribution in [-0.4, -0.2) is 33.6 Å². The molecule has 3 aromatic rings. The Balaban J connectivity index is 2.30. The van der Waals surface area contributed by atoms with Crippen molar-refractivity contribution in [3.05, 3.63) is 42.0 Å². The van der Waals surface area contributed by atoms with Crippen LogP contribution in [0.2, 0.25) is 0 Å². The highest BCUT2D eigenvalue weighted by Gasteiger charge is 2.20. The molecule has 0 aliphatic carbocycles. The van der Waals surface area contributed by atoms with Crippen molar-refractivity contribution in [2.24, 2.45) is 0 Å². The van der Waals surface area contributed by atoms with Crippen LogP contribution < -0.4 is 10.1 Å². The average molecular weight is 353 g/mol. The van der Waals surface area contributed by atoms with Gasteiger partial charge in [0.1, 0.15) is 11.6 Å². The van der Waals surface area contributed by atoms with Gasteiger partial charge in [0.05, 0.1) is 23.7 Å². The topological polar surface area (TPSA) is 93.5 Å². The van der Waals surface area contributed by atoms with Crippen LogP contribution in [0.1, 0.15) is 24.2 Å². The van der Waals surface area contributed by atoms with E-state index in [1.807, 2.05) is 35.8 Å². The van der Waals surface area contributed by atoms with Crippen LogP contribution in [-0.2, 0) is 11.3 Å². The smallest absolute Gasteiger partial charge is 0.337 e. The zero-order chi connectivity index (χ0) is 18.8. The summed E-state index contributed by atoms with van der Waals surface area (Å²) >= 11 is 0. The Morgan fingerprint density at radius 2 is 2.04 bits per heavy atom. The second-order valence-electron chi connectivity index (χ2n) is 5.79. The minimum atomic E-state index is -1.08. The predicted octanol–water partition coefficient (Wildman–Crippen LogP) is 3.39. The van der Waals surface area contributed by atoms with E-state index in [4.69, 9.17) is 4.74 Å². The number of imidazole rings is 1. The first-order chi connectivity index (χ1) is 12.4. The van der Waals surface area contributed by atoms with Gasteiger partial charge in [-0.05, 0) is 31.2 Å². The van der Waals surface area contributed by atoms with Gasteiger partial charge < -0.3 is 19.7 Å². The van der Waals surface area contributed by atoms with E-state index in [2.05, 4.69) is 10.3 Å². The molecule has 0 fully saturated rings. The van der Waals surface area contributed by atoms with Gasteiger partial charge in [0.25, 0.3) is 0 Å². The van der Waals surface area contributed by atoms with Gasteiger partial charge >= 0.3 is 5.97 Å². The van der Waals surface area contributed by atoms with Gasteiger partial charge in [-0.25, -0.2) is 9.78 Å². The van der Waals surface area contributed by atoms with Gasteiger partial charge in [-0.1, -0.05) is 12.1 Å². The van der Waals surface area contributed by atoms with Gasteiger partial charge in [-0.15, -0.1) is 0 Å². The molecule has 7 nitrogen and oxygen atoms in total. The lowest BCUT2D eigenvalue weighted by Crippen LogP contribution is -2.08. The van der Waals surface area contributed by atoms with Crippen molar-refractivity contribution in [3.8, 4) is 17.1 Å². The number of aromatic carboxylic acids is 1. The highest BCUT2D eigenvalue weighted by Crippen LogP contribution is 2.31. The maximum atomic E-state index is 11.8. The molecule has 1 amide bonds. The first kappa shape index (κ1) is 17.5. The van der Waals surface area contributed by atoms with Crippen molar-refractivity contribution >= 4 is 28.6 Å². The molecule has 1 aromatic heterocycles. The summed E-state index contributed by atoms with van der Waals surface area (Å²) in [7, 11) is 1.59. The molecule has 2 aromatic carbocycles. The molecular weight excluding hydrogens is 334 g/mol. The zero-order valence-electron chi connectivity index (χ0n) is 14.7. The number of aromatic nitrogens is 2. The highest BCUT2D eigenvalue weighted by molar-refractivity contribution is 6.05. The predicted molar refractivity (Wildman–Crippen MR) is 98.7 cm³/mol. The molecule has 1 heterocycles. The van der Waals surface area contributed by atoms with Gasteiger partial charge in [0, 0.05) is 24.7 Å². The molecule has 0 saturated carbocycles. The number of hydrogen-bond acceptors (Lipinski definition) is 4. The fourth-order valence-electron chi connectivity index (χ4n) is 3.00. The molecule has 0 saturated heterocycles. The van der Waals surface area contributed by atoms with Crippen LogP contribution in [0, 0.1) is 0 Å². The first-order valence-corrected chi connectivity index (χ1v) is 8.14. The average Bonchev–Trinajstić information content (AvgIpc) is 2.98. The number of carboxylic acids is 1. The lowest BCUT2D eigenvalue weighted by Gasteiger charge is -2.10. The van der Waals surface area contributed by atoms with E-state index >= 15 is 0 Å². The second kappa shape index (κ2) is 6.87. The number of benzene rings is 2. The molecule has 0 spiro atoms. The molecule has 26 heavy (non-hydrogen) atoms. The van der Waals surface area contributed by atoms with Crippen LogP contribution >= 0.6 is 0 Å². The molecule has 0 unspecified atom stereocenters. The highest BCUT2D eigenvalue weighted by atomic mass is 16.5. The van der Waals surface area contributed by atoms with Crippen molar-refractivity contribution in [3.63, 3.8) is 0 Å². The fraction of sp³-hybridized carbons (Fsp3) is 0.211. The molecule has 0 radical (unpaired) electrons. The summed E-state index contributed by atoms with van der Waals surface area (Å²) in [6, 6.07) is 10.6. The molecule has 2 N–H and O–H groups in total. The van der Waals surface area contributed by atoms with E-state index in [9.17, 15) is 14.7 Å². The van der Waals surface area contributed by atoms with Crippen LogP contribution in [0.4, 0.5) is 5.69 Å². The summed E-state index contributed by atoms with van der Waals surface area (Å²) in [6.45, 7) is 3.85. The second-order valence-corrected chi connectivity index (χ2v) is 5.79. The Morgan fingerprint density at radius 3 is 2.65 bits per heavy atom. The van der Waals surface area contributed by atoms with Gasteiger partial charge in [-0.3, -0.25) is 4.79 Å². The van der Waals surface area contributed by atoms with Crippen molar-refractivity contribution in [1.29, 1.82) is 0 Å². The lowest BCUT2D eigenvalue weighted by atomic mass is 10.1. The number of amides is 1. The molecular formula is C19H19N3O4. The Kier molecular flexibility index (Phi) is 4.62. The number of nitrogens with zero attached hydrogens (tertiary/aromatic N) is 2. The largest absolute Gasteiger partial charge is 0.497 e. The van der Waals surface area contributed by atoms with Crippen molar-refractivity contribution in [1.82, 2.24) is 9.55 Å². The van der Waals surface area contributed by atoms with E-state index in [-0.39, 0.29) is 11.5 Å². The Hall–Kier alpha value is -3.35. The van der Waals surface area contributed by atoms with E-state index in [1.54, 1.807) is 13.2 Å². The SMILES string of the molecule is CCn1c(-c2cccc(OC)c2)nc2cc(NC(C)=O)cc(C(=O)O)c21. The number of carbonyl (C=O) groups excluding carboxylic acids is 1. The Morgan fingerprint density at radius 1 is 1.27 bits per heavy atom. The van der Waals surface area contributed by atoms with Crippen molar-refractivity contribution in [2.75, 3.05) is 12.4 Å². The lowest BCUT2D eigenvalue weighted by molar-refractivity contribution is -0.114. The van der Waals surface area contributed by atoms with Crippen LogP contribution in [0.3, 0.4) is 0 Å². The quantitative estimate of drug-likeness (QED) is 0.733. The molecule has 7 heteroatoms. The summed E-state index contributed by atoms with van der Waals surface area (Å²) in [5, 5.41) is 12.3.